The molecule has 0 radical (unpaired) electrons. The molecule has 0 aliphatic heterocycles. The van der Waals surface area contributed by atoms with Crippen molar-refractivity contribution >= 4 is 11.3 Å². The van der Waals surface area contributed by atoms with Crippen LogP contribution in [0.15, 0.2) is 17.5 Å². The summed E-state index contributed by atoms with van der Waals surface area (Å²) in [5, 5.41) is 5.85. The number of thiophene rings is 1. The van der Waals surface area contributed by atoms with Crippen molar-refractivity contribution in [3.8, 4) is 0 Å². The molecule has 0 saturated heterocycles. The lowest BCUT2D eigenvalue weighted by Gasteiger charge is -2.35. The molecule has 1 aromatic heterocycles. The van der Waals surface area contributed by atoms with Crippen LogP contribution in [0.1, 0.15) is 30.7 Å². The van der Waals surface area contributed by atoms with Crippen LogP contribution < -0.4 is 5.32 Å². The lowest BCUT2D eigenvalue weighted by Crippen LogP contribution is -2.43. The Kier molecular flexibility index (Phi) is 4.00. The molecule has 3 heteroatoms. The number of rotatable bonds is 5. The Hall–Kier alpha value is -0.380. The highest BCUT2D eigenvalue weighted by Crippen LogP contribution is 2.28. The van der Waals surface area contributed by atoms with Crippen molar-refractivity contribution < 1.29 is 0 Å². The summed E-state index contributed by atoms with van der Waals surface area (Å²) in [5.41, 5.74) is 0. The molecule has 2 rings (SSSR count). The Balaban J connectivity index is 1.84. The van der Waals surface area contributed by atoms with Crippen LogP contribution in [0, 0.1) is 5.92 Å². The molecule has 2 nitrogen and oxygen atoms in total. The normalized spacial score (nSPS) is 26.8. The summed E-state index contributed by atoms with van der Waals surface area (Å²) in [6.07, 6.45) is 2.70. The molecule has 0 spiro atoms. The van der Waals surface area contributed by atoms with Crippen LogP contribution in [0.3, 0.4) is 0 Å². The minimum absolute atomic E-state index is 0.524. The summed E-state index contributed by atoms with van der Waals surface area (Å²) in [7, 11) is 4.32. The molecule has 1 saturated carbocycles. The molecule has 90 valence electrons. The van der Waals surface area contributed by atoms with E-state index in [0.717, 1.165) is 18.5 Å². The maximum atomic E-state index is 3.68. The van der Waals surface area contributed by atoms with Gasteiger partial charge in [-0.25, -0.2) is 0 Å². The van der Waals surface area contributed by atoms with Gasteiger partial charge in [-0.2, -0.15) is 0 Å². The van der Waals surface area contributed by atoms with Crippen molar-refractivity contribution in [1.82, 2.24) is 10.2 Å². The van der Waals surface area contributed by atoms with E-state index in [2.05, 4.69) is 48.7 Å². The zero-order valence-electron chi connectivity index (χ0n) is 10.4. The Morgan fingerprint density at radius 1 is 1.50 bits per heavy atom. The summed E-state index contributed by atoms with van der Waals surface area (Å²) in [5.74, 6) is 0.928. The molecule has 1 N–H and O–H groups in total. The van der Waals surface area contributed by atoms with Crippen LogP contribution >= 0.6 is 11.3 Å². The first-order valence-corrected chi connectivity index (χ1v) is 6.98. The topological polar surface area (TPSA) is 15.3 Å². The second kappa shape index (κ2) is 5.30. The molecular formula is C13H22N2S. The fourth-order valence-corrected chi connectivity index (χ4v) is 3.29. The average molecular weight is 238 g/mol. The standard InChI is InChI=1S/C13H22N2S/c1-10-7-11(8-10)14-9-12(15(2)3)13-5-4-6-16-13/h4-6,10-12,14H,7-9H2,1-3H3. The van der Waals surface area contributed by atoms with Crippen molar-refractivity contribution in [2.45, 2.75) is 31.8 Å². The van der Waals surface area contributed by atoms with E-state index < -0.39 is 0 Å². The van der Waals surface area contributed by atoms with E-state index in [1.807, 2.05) is 11.3 Å². The first kappa shape index (κ1) is 12.1. The van der Waals surface area contributed by atoms with Crippen molar-refractivity contribution in [3.63, 3.8) is 0 Å². The maximum absolute atomic E-state index is 3.68. The van der Waals surface area contributed by atoms with Crippen LogP contribution in [0.2, 0.25) is 0 Å². The van der Waals surface area contributed by atoms with Gasteiger partial charge in [0, 0.05) is 17.5 Å². The number of nitrogens with one attached hydrogen (secondary N) is 1. The third kappa shape index (κ3) is 2.84. The van der Waals surface area contributed by atoms with E-state index >= 15 is 0 Å². The van der Waals surface area contributed by atoms with Crippen LogP contribution in [-0.2, 0) is 0 Å². The second-order valence-electron chi connectivity index (χ2n) is 5.18. The highest BCUT2D eigenvalue weighted by molar-refractivity contribution is 7.10. The number of nitrogens with zero attached hydrogens (tertiary/aromatic N) is 1. The monoisotopic (exact) mass is 238 g/mol. The van der Waals surface area contributed by atoms with E-state index in [1.165, 1.54) is 17.7 Å². The van der Waals surface area contributed by atoms with Crippen LogP contribution in [0.4, 0.5) is 0 Å². The average Bonchev–Trinajstić information content (AvgIpc) is 2.67. The van der Waals surface area contributed by atoms with E-state index in [4.69, 9.17) is 0 Å². The smallest absolute Gasteiger partial charge is 0.0561 e. The van der Waals surface area contributed by atoms with Gasteiger partial charge in [0.2, 0.25) is 0 Å². The number of likely N-dealkylation sites (N-methyl/N-ethyl adjacent to an activating group) is 1. The van der Waals surface area contributed by atoms with Crippen molar-refractivity contribution in [3.05, 3.63) is 22.4 Å². The zero-order valence-corrected chi connectivity index (χ0v) is 11.3. The van der Waals surface area contributed by atoms with Crippen LogP contribution in [0.5, 0.6) is 0 Å². The lowest BCUT2D eigenvalue weighted by molar-refractivity contribution is 0.212. The van der Waals surface area contributed by atoms with Gasteiger partial charge in [-0.05, 0) is 44.3 Å². The van der Waals surface area contributed by atoms with Gasteiger partial charge in [-0.1, -0.05) is 13.0 Å². The third-order valence-electron chi connectivity index (χ3n) is 3.47. The van der Waals surface area contributed by atoms with Gasteiger partial charge in [0.15, 0.2) is 0 Å². The van der Waals surface area contributed by atoms with Gasteiger partial charge >= 0.3 is 0 Å². The summed E-state index contributed by atoms with van der Waals surface area (Å²) < 4.78 is 0. The molecule has 16 heavy (non-hydrogen) atoms. The van der Waals surface area contributed by atoms with Crippen molar-refractivity contribution in [1.29, 1.82) is 0 Å². The molecule has 1 aromatic rings. The zero-order chi connectivity index (χ0) is 11.5. The Bertz CT molecular complexity index is 302. The van der Waals surface area contributed by atoms with E-state index in [0.29, 0.717) is 6.04 Å². The van der Waals surface area contributed by atoms with Crippen LogP contribution in [-0.4, -0.2) is 31.6 Å². The fraction of sp³-hybridized carbons (Fsp3) is 0.692. The van der Waals surface area contributed by atoms with Gasteiger partial charge in [-0.15, -0.1) is 11.3 Å². The number of hydrogen-bond acceptors (Lipinski definition) is 3. The van der Waals surface area contributed by atoms with E-state index in [9.17, 15) is 0 Å². The van der Waals surface area contributed by atoms with Gasteiger partial charge in [0.05, 0.1) is 6.04 Å². The van der Waals surface area contributed by atoms with Crippen molar-refractivity contribution in [2.24, 2.45) is 5.92 Å². The molecule has 1 heterocycles. The third-order valence-corrected chi connectivity index (χ3v) is 4.44. The SMILES string of the molecule is CC1CC(NCC(c2cccs2)N(C)C)C1. The Labute approximate surface area is 103 Å². The van der Waals surface area contributed by atoms with Gasteiger partial charge in [0.25, 0.3) is 0 Å². The van der Waals surface area contributed by atoms with Crippen LogP contribution in [0.25, 0.3) is 0 Å². The van der Waals surface area contributed by atoms with Crippen molar-refractivity contribution in [2.75, 3.05) is 20.6 Å². The predicted octanol–water partition coefficient (Wildman–Crippen LogP) is 2.74. The minimum atomic E-state index is 0.524. The molecule has 1 aliphatic carbocycles. The highest BCUT2D eigenvalue weighted by Gasteiger charge is 2.26. The molecule has 1 fully saturated rings. The van der Waals surface area contributed by atoms with Gasteiger partial charge in [-0.3, -0.25) is 0 Å². The largest absolute Gasteiger partial charge is 0.312 e. The molecule has 1 unspecified atom stereocenters. The summed E-state index contributed by atoms with van der Waals surface area (Å²) >= 11 is 1.86. The van der Waals surface area contributed by atoms with E-state index in [1.54, 1.807) is 0 Å². The summed E-state index contributed by atoms with van der Waals surface area (Å²) in [6, 6.07) is 5.66. The van der Waals surface area contributed by atoms with Gasteiger partial charge in [0.1, 0.15) is 0 Å². The first-order valence-electron chi connectivity index (χ1n) is 6.10. The maximum Gasteiger partial charge on any atom is 0.0561 e. The molecule has 0 bridgehead atoms. The second-order valence-corrected chi connectivity index (χ2v) is 6.16. The van der Waals surface area contributed by atoms with E-state index in [-0.39, 0.29) is 0 Å². The summed E-state index contributed by atoms with van der Waals surface area (Å²) in [6.45, 7) is 3.41. The molecule has 1 atom stereocenters. The lowest BCUT2D eigenvalue weighted by atomic mass is 9.82. The Morgan fingerprint density at radius 2 is 2.25 bits per heavy atom. The summed E-state index contributed by atoms with van der Waals surface area (Å²) in [4.78, 5) is 3.77. The molecule has 0 aromatic carbocycles. The quantitative estimate of drug-likeness (QED) is 0.848. The van der Waals surface area contributed by atoms with Gasteiger partial charge < -0.3 is 10.2 Å². The Morgan fingerprint density at radius 3 is 2.75 bits per heavy atom. The minimum Gasteiger partial charge on any atom is -0.312 e. The first-order chi connectivity index (χ1) is 7.66. The predicted molar refractivity (Wildman–Crippen MR) is 70.9 cm³/mol. The number of hydrogen-bond donors (Lipinski definition) is 1. The fourth-order valence-electron chi connectivity index (χ4n) is 2.37. The molecule has 0 amide bonds. The molecular weight excluding hydrogens is 216 g/mol. The highest BCUT2D eigenvalue weighted by atomic mass is 32.1. The molecule has 1 aliphatic rings.